The molecule has 0 saturated heterocycles. The molecule has 0 aliphatic rings. The summed E-state index contributed by atoms with van der Waals surface area (Å²) in [6.07, 6.45) is -1.17. The maximum atomic E-state index is 14.1. The third-order valence-electron chi connectivity index (χ3n) is 3.36. The number of benzene rings is 1. The molecule has 1 atom stereocenters. The van der Waals surface area contributed by atoms with Gasteiger partial charge in [0.15, 0.2) is 0 Å². The Morgan fingerprint density at radius 2 is 2.05 bits per heavy atom. The Morgan fingerprint density at radius 1 is 1.38 bits per heavy atom. The lowest BCUT2D eigenvalue weighted by Crippen LogP contribution is -2.06. The fourth-order valence-corrected chi connectivity index (χ4v) is 2.47. The highest BCUT2D eigenvalue weighted by atomic mass is 35.5. The van der Waals surface area contributed by atoms with Crippen LogP contribution < -0.4 is 4.74 Å². The van der Waals surface area contributed by atoms with Crippen LogP contribution in [0.3, 0.4) is 0 Å². The van der Waals surface area contributed by atoms with Gasteiger partial charge in [-0.15, -0.1) is 0 Å². The number of aliphatic hydroxyl groups excluding tert-OH is 1. The zero-order valence-corrected chi connectivity index (χ0v) is 13.1. The molecule has 0 aliphatic heterocycles. The number of aryl methyl sites for hydroxylation is 1. The highest BCUT2D eigenvalue weighted by Crippen LogP contribution is 2.35. The Balaban J connectivity index is 2.52. The molecule has 2 rings (SSSR count). The molecule has 21 heavy (non-hydrogen) atoms. The minimum atomic E-state index is -1.17. The lowest BCUT2D eigenvalue weighted by Gasteiger charge is -2.15. The van der Waals surface area contributed by atoms with Gasteiger partial charge < -0.3 is 9.84 Å². The molecule has 1 heterocycles. The van der Waals surface area contributed by atoms with Crippen LogP contribution in [0.25, 0.3) is 0 Å². The molecule has 114 valence electrons. The van der Waals surface area contributed by atoms with Gasteiger partial charge in [-0.25, -0.2) is 4.39 Å². The van der Waals surface area contributed by atoms with Crippen molar-refractivity contribution in [2.24, 2.45) is 7.05 Å². The van der Waals surface area contributed by atoms with E-state index in [1.165, 1.54) is 23.9 Å². The van der Waals surface area contributed by atoms with Gasteiger partial charge in [0.05, 0.1) is 12.8 Å². The predicted octanol–water partition coefficient (Wildman–Crippen LogP) is 3.43. The van der Waals surface area contributed by atoms with Gasteiger partial charge in [-0.2, -0.15) is 5.10 Å². The molecule has 1 aromatic carbocycles. The number of nitrogens with zero attached hydrogens (tertiary/aromatic N) is 2. The molecule has 0 fully saturated rings. The first-order valence-corrected chi connectivity index (χ1v) is 6.98. The highest BCUT2D eigenvalue weighted by Gasteiger charge is 2.26. The van der Waals surface area contributed by atoms with Crippen molar-refractivity contribution in [3.05, 3.63) is 46.0 Å². The van der Waals surface area contributed by atoms with Crippen LogP contribution in [0.15, 0.2) is 18.2 Å². The Hall–Kier alpha value is -1.59. The van der Waals surface area contributed by atoms with Crippen molar-refractivity contribution >= 4 is 11.6 Å². The van der Waals surface area contributed by atoms with Crippen molar-refractivity contribution in [1.82, 2.24) is 9.78 Å². The van der Waals surface area contributed by atoms with E-state index < -0.39 is 11.9 Å². The Morgan fingerprint density at radius 3 is 2.57 bits per heavy atom. The second-order valence-electron chi connectivity index (χ2n) is 5.16. The second-order valence-corrected chi connectivity index (χ2v) is 5.52. The molecule has 0 radical (unpaired) electrons. The molecular formula is C15H18ClFN2O2. The van der Waals surface area contributed by atoms with Crippen LogP contribution in [0.4, 0.5) is 4.39 Å². The summed E-state index contributed by atoms with van der Waals surface area (Å²) in [5.74, 6) is -0.0871. The Kier molecular flexibility index (Phi) is 4.54. The van der Waals surface area contributed by atoms with Crippen molar-refractivity contribution in [1.29, 1.82) is 0 Å². The van der Waals surface area contributed by atoms with Crippen molar-refractivity contribution in [2.75, 3.05) is 7.11 Å². The number of methoxy groups -OCH3 is 1. The first kappa shape index (κ1) is 15.8. The standard InChI is InChI=1S/C15H18ClFN2O2/c1-8(2)13-12(15(16)19(3)18-13)14(20)10-6-5-9(21-4)7-11(10)17/h5-8,14,20H,1-4H3. The van der Waals surface area contributed by atoms with E-state index in [9.17, 15) is 9.50 Å². The van der Waals surface area contributed by atoms with Crippen LogP contribution >= 0.6 is 11.6 Å². The van der Waals surface area contributed by atoms with Gasteiger partial charge in [-0.3, -0.25) is 4.68 Å². The molecule has 0 spiro atoms. The molecular weight excluding hydrogens is 295 g/mol. The van der Waals surface area contributed by atoms with Crippen LogP contribution in [0, 0.1) is 5.82 Å². The quantitative estimate of drug-likeness (QED) is 0.941. The van der Waals surface area contributed by atoms with Crippen molar-refractivity contribution in [2.45, 2.75) is 25.9 Å². The summed E-state index contributed by atoms with van der Waals surface area (Å²) in [4.78, 5) is 0. The summed E-state index contributed by atoms with van der Waals surface area (Å²) in [5.41, 5.74) is 1.25. The van der Waals surface area contributed by atoms with E-state index >= 15 is 0 Å². The first-order chi connectivity index (χ1) is 9.86. The molecule has 0 aliphatic carbocycles. The monoisotopic (exact) mass is 312 g/mol. The minimum Gasteiger partial charge on any atom is -0.497 e. The van der Waals surface area contributed by atoms with Gasteiger partial charge in [0.25, 0.3) is 0 Å². The van der Waals surface area contributed by atoms with Crippen LogP contribution in [-0.4, -0.2) is 22.0 Å². The van der Waals surface area contributed by atoms with Gasteiger partial charge in [-0.05, 0) is 18.1 Å². The van der Waals surface area contributed by atoms with E-state index in [-0.39, 0.29) is 11.5 Å². The second kappa shape index (κ2) is 6.03. The SMILES string of the molecule is COc1ccc(C(O)c2c(C(C)C)nn(C)c2Cl)c(F)c1. The normalized spacial score (nSPS) is 12.8. The van der Waals surface area contributed by atoms with E-state index in [1.807, 2.05) is 13.8 Å². The Bertz CT molecular complexity index is 655. The average Bonchev–Trinajstić information content (AvgIpc) is 2.74. The summed E-state index contributed by atoms with van der Waals surface area (Å²) in [7, 11) is 3.15. The minimum absolute atomic E-state index is 0.0645. The van der Waals surface area contributed by atoms with Crippen LogP contribution in [-0.2, 0) is 7.05 Å². The van der Waals surface area contributed by atoms with Crippen LogP contribution in [0.1, 0.15) is 42.7 Å². The highest BCUT2D eigenvalue weighted by molar-refractivity contribution is 6.30. The van der Waals surface area contributed by atoms with Gasteiger partial charge >= 0.3 is 0 Å². The number of hydrogen-bond donors (Lipinski definition) is 1. The molecule has 2 aromatic rings. The summed E-state index contributed by atoms with van der Waals surface area (Å²) < 4.78 is 20.6. The summed E-state index contributed by atoms with van der Waals surface area (Å²) in [6.45, 7) is 3.89. The van der Waals surface area contributed by atoms with E-state index in [0.29, 0.717) is 22.2 Å². The maximum Gasteiger partial charge on any atom is 0.133 e. The van der Waals surface area contributed by atoms with Crippen molar-refractivity contribution in [3.8, 4) is 5.75 Å². The molecule has 1 N–H and O–H groups in total. The molecule has 6 heteroatoms. The van der Waals surface area contributed by atoms with E-state index in [1.54, 1.807) is 13.1 Å². The fourth-order valence-electron chi connectivity index (χ4n) is 2.23. The van der Waals surface area contributed by atoms with Gasteiger partial charge in [-0.1, -0.05) is 25.4 Å². The van der Waals surface area contributed by atoms with E-state index in [4.69, 9.17) is 16.3 Å². The number of rotatable bonds is 4. The fraction of sp³-hybridized carbons (Fsp3) is 0.400. The number of hydrogen-bond acceptors (Lipinski definition) is 3. The van der Waals surface area contributed by atoms with Crippen LogP contribution in [0.2, 0.25) is 5.15 Å². The lowest BCUT2D eigenvalue weighted by atomic mass is 9.97. The maximum absolute atomic E-state index is 14.1. The van der Waals surface area contributed by atoms with Gasteiger partial charge in [0, 0.05) is 24.2 Å². The molecule has 4 nitrogen and oxygen atoms in total. The zero-order valence-electron chi connectivity index (χ0n) is 12.4. The summed E-state index contributed by atoms with van der Waals surface area (Å²) >= 11 is 6.21. The van der Waals surface area contributed by atoms with Crippen molar-refractivity contribution in [3.63, 3.8) is 0 Å². The smallest absolute Gasteiger partial charge is 0.133 e. The molecule has 1 aromatic heterocycles. The average molecular weight is 313 g/mol. The number of aliphatic hydroxyl groups is 1. The molecule has 1 unspecified atom stereocenters. The zero-order chi connectivity index (χ0) is 15.7. The van der Waals surface area contributed by atoms with Crippen molar-refractivity contribution < 1.29 is 14.2 Å². The van der Waals surface area contributed by atoms with E-state index in [0.717, 1.165) is 0 Å². The lowest BCUT2D eigenvalue weighted by molar-refractivity contribution is 0.213. The Labute approximate surface area is 128 Å². The molecule has 0 amide bonds. The number of halogens is 2. The third kappa shape index (κ3) is 2.89. The van der Waals surface area contributed by atoms with Crippen LogP contribution in [0.5, 0.6) is 5.75 Å². The number of ether oxygens (including phenoxy) is 1. The predicted molar refractivity (Wildman–Crippen MR) is 79.3 cm³/mol. The largest absolute Gasteiger partial charge is 0.497 e. The summed E-state index contributed by atoms with van der Waals surface area (Å²) in [5, 5.41) is 15.1. The topological polar surface area (TPSA) is 47.3 Å². The third-order valence-corrected chi connectivity index (χ3v) is 3.81. The molecule has 0 bridgehead atoms. The summed E-state index contributed by atoms with van der Waals surface area (Å²) in [6, 6.07) is 4.32. The number of aromatic nitrogens is 2. The van der Waals surface area contributed by atoms with E-state index in [2.05, 4.69) is 5.10 Å². The first-order valence-electron chi connectivity index (χ1n) is 6.60. The van der Waals surface area contributed by atoms with Gasteiger partial charge in [0.2, 0.25) is 0 Å². The van der Waals surface area contributed by atoms with Gasteiger partial charge in [0.1, 0.15) is 22.8 Å². The molecule has 0 saturated carbocycles.